The molecule has 2 aromatic rings. The fraction of sp³-hybridized carbons (Fsp3) is 0.105. The van der Waals surface area contributed by atoms with Crippen LogP contribution in [0.15, 0.2) is 59.7 Å². The van der Waals surface area contributed by atoms with Gasteiger partial charge >= 0.3 is 0 Å². The molecule has 1 aliphatic rings. The predicted molar refractivity (Wildman–Crippen MR) is 105 cm³/mol. The molecule has 1 atom stereocenters. The summed E-state index contributed by atoms with van der Waals surface area (Å²) in [6.07, 6.45) is 1.10. The summed E-state index contributed by atoms with van der Waals surface area (Å²) in [6, 6.07) is 15.6. The third kappa shape index (κ3) is 4.06. The Hall–Kier alpha value is -3.39. The SMILES string of the molecule is Cc1ccc(C(=O)N/N=C/[C@@H]2C(=O)NC(=S)N(c3ccccc3)C2=O)cc1. The Bertz CT molecular complexity index is 926. The molecule has 3 rings (SSSR count). The van der Waals surface area contributed by atoms with Crippen LogP contribution < -0.4 is 15.6 Å². The average molecular weight is 380 g/mol. The first kappa shape index (κ1) is 18.4. The van der Waals surface area contributed by atoms with Gasteiger partial charge in [0.1, 0.15) is 0 Å². The van der Waals surface area contributed by atoms with Crippen LogP contribution in [0.2, 0.25) is 0 Å². The van der Waals surface area contributed by atoms with E-state index in [1.54, 1.807) is 54.6 Å². The van der Waals surface area contributed by atoms with E-state index >= 15 is 0 Å². The van der Waals surface area contributed by atoms with Gasteiger partial charge in [0.2, 0.25) is 5.91 Å². The maximum absolute atomic E-state index is 12.7. The highest BCUT2D eigenvalue weighted by atomic mass is 32.1. The Labute approximate surface area is 161 Å². The zero-order valence-electron chi connectivity index (χ0n) is 14.4. The zero-order chi connectivity index (χ0) is 19.4. The van der Waals surface area contributed by atoms with E-state index in [2.05, 4.69) is 15.8 Å². The van der Waals surface area contributed by atoms with Gasteiger partial charge in [-0.25, -0.2) is 5.43 Å². The summed E-state index contributed by atoms with van der Waals surface area (Å²) >= 11 is 5.10. The van der Waals surface area contributed by atoms with Crippen molar-refractivity contribution in [1.82, 2.24) is 10.7 Å². The lowest BCUT2D eigenvalue weighted by Gasteiger charge is -2.30. The molecular formula is C19H16N4O3S. The third-order valence-corrected chi connectivity index (χ3v) is 4.20. The molecule has 136 valence electrons. The smallest absolute Gasteiger partial charge is 0.271 e. The Morgan fingerprint density at radius 1 is 1.15 bits per heavy atom. The van der Waals surface area contributed by atoms with E-state index in [0.717, 1.165) is 11.8 Å². The van der Waals surface area contributed by atoms with E-state index in [1.165, 1.54) is 4.90 Å². The standard InChI is InChI=1S/C19H16N4O3S/c1-12-7-9-13(10-8-12)16(24)22-20-11-15-17(25)21-19(27)23(18(15)26)14-5-3-2-4-6-14/h2-11,15H,1H3,(H,22,24)(H,21,25,27)/b20-11+/t15-/m1/s1. The molecule has 0 bridgehead atoms. The molecule has 1 aliphatic heterocycles. The predicted octanol–water partition coefficient (Wildman–Crippen LogP) is 1.77. The maximum Gasteiger partial charge on any atom is 0.271 e. The van der Waals surface area contributed by atoms with Gasteiger partial charge < -0.3 is 5.32 Å². The van der Waals surface area contributed by atoms with Crippen LogP contribution in [0.1, 0.15) is 15.9 Å². The van der Waals surface area contributed by atoms with Crippen LogP contribution >= 0.6 is 12.2 Å². The molecule has 2 aromatic carbocycles. The molecule has 2 N–H and O–H groups in total. The van der Waals surface area contributed by atoms with Crippen LogP contribution in [-0.4, -0.2) is 29.0 Å². The molecule has 0 radical (unpaired) electrons. The number of carbonyl (C=O) groups excluding carboxylic acids is 3. The first-order chi connectivity index (χ1) is 13.0. The van der Waals surface area contributed by atoms with Crippen LogP contribution in [0.25, 0.3) is 0 Å². The molecule has 8 heteroatoms. The number of amides is 3. The van der Waals surface area contributed by atoms with E-state index in [1.807, 2.05) is 6.92 Å². The van der Waals surface area contributed by atoms with Crippen LogP contribution in [0, 0.1) is 12.8 Å². The number of hydrogen-bond acceptors (Lipinski definition) is 5. The Morgan fingerprint density at radius 2 is 1.81 bits per heavy atom. The van der Waals surface area contributed by atoms with Crippen molar-refractivity contribution in [2.75, 3.05) is 4.90 Å². The number of nitrogens with one attached hydrogen (secondary N) is 2. The monoisotopic (exact) mass is 380 g/mol. The van der Waals surface area contributed by atoms with Crippen molar-refractivity contribution in [3.63, 3.8) is 0 Å². The Morgan fingerprint density at radius 3 is 2.48 bits per heavy atom. The van der Waals surface area contributed by atoms with Gasteiger partial charge in [0, 0.05) is 11.8 Å². The highest BCUT2D eigenvalue weighted by molar-refractivity contribution is 7.80. The van der Waals surface area contributed by atoms with Gasteiger partial charge in [0.15, 0.2) is 11.0 Å². The topological polar surface area (TPSA) is 90.9 Å². The summed E-state index contributed by atoms with van der Waals surface area (Å²) in [5.74, 6) is -2.77. The number of benzene rings is 2. The molecule has 0 unspecified atom stereocenters. The van der Waals surface area contributed by atoms with Crippen molar-refractivity contribution in [3.05, 3.63) is 65.7 Å². The number of anilines is 1. The van der Waals surface area contributed by atoms with Crippen molar-refractivity contribution >= 4 is 47.0 Å². The van der Waals surface area contributed by atoms with E-state index in [4.69, 9.17) is 12.2 Å². The molecule has 1 heterocycles. The lowest BCUT2D eigenvalue weighted by atomic mass is 10.1. The van der Waals surface area contributed by atoms with Gasteiger partial charge in [-0.05, 0) is 43.4 Å². The molecular weight excluding hydrogens is 364 g/mol. The number of carbonyl (C=O) groups is 3. The van der Waals surface area contributed by atoms with Gasteiger partial charge in [0.05, 0.1) is 5.69 Å². The van der Waals surface area contributed by atoms with Crippen LogP contribution in [0.5, 0.6) is 0 Å². The van der Waals surface area contributed by atoms with Crippen LogP contribution in [-0.2, 0) is 9.59 Å². The second-order valence-corrected chi connectivity index (χ2v) is 6.25. The van der Waals surface area contributed by atoms with E-state index < -0.39 is 23.6 Å². The highest BCUT2D eigenvalue weighted by Crippen LogP contribution is 2.19. The van der Waals surface area contributed by atoms with Crippen molar-refractivity contribution < 1.29 is 14.4 Å². The lowest BCUT2D eigenvalue weighted by molar-refractivity contribution is -0.130. The second-order valence-electron chi connectivity index (χ2n) is 5.87. The average Bonchev–Trinajstić information content (AvgIpc) is 2.65. The molecule has 1 saturated heterocycles. The minimum Gasteiger partial charge on any atom is -0.301 e. The first-order valence-corrected chi connectivity index (χ1v) is 8.52. The van der Waals surface area contributed by atoms with Crippen molar-refractivity contribution in [1.29, 1.82) is 0 Å². The van der Waals surface area contributed by atoms with Gasteiger partial charge in [-0.15, -0.1) is 0 Å². The second kappa shape index (κ2) is 7.88. The van der Waals surface area contributed by atoms with E-state index in [9.17, 15) is 14.4 Å². The number of thiocarbonyl (C=S) groups is 1. The van der Waals surface area contributed by atoms with Gasteiger partial charge in [-0.1, -0.05) is 35.9 Å². The molecule has 7 nitrogen and oxygen atoms in total. The molecule has 0 spiro atoms. The number of para-hydroxylation sites is 1. The van der Waals surface area contributed by atoms with Gasteiger partial charge in [-0.2, -0.15) is 5.10 Å². The number of hydrazone groups is 1. The molecule has 0 aliphatic carbocycles. The zero-order valence-corrected chi connectivity index (χ0v) is 15.2. The van der Waals surface area contributed by atoms with Crippen LogP contribution in [0.3, 0.4) is 0 Å². The summed E-state index contributed by atoms with van der Waals surface area (Å²) in [7, 11) is 0. The fourth-order valence-corrected chi connectivity index (χ4v) is 2.78. The lowest BCUT2D eigenvalue weighted by Crippen LogP contribution is -2.58. The molecule has 3 amide bonds. The van der Waals surface area contributed by atoms with E-state index in [0.29, 0.717) is 11.3 Å². The summed E-state index contributed by atoms with van der Waals surface area (Å²) in [5, 5.41) is 6.25. The number of aryl methyl sites for hydroxylation is 1. The minimum atomic E-state index is -1.20. The summed E-state index contributed by atoms with van der Waals surface area (Å²) in [4.78, 5) is 38.1. The molecule has 27 heavy (non-hydrogen) atoms. The largest absolute Gasteiger partial charge is 0.301 e. The first-order valence-electron chi connectivity index (χ1n) is 8.11. The molecule has 1 fully saturated rings. The summed E-state index contributed by atoms with van der Waals surface area (Å²) < 4.78 is 0. The number of hydrogen-bond donors (Lipinski definition) is 2. The van der Waals surface area contributed by atoms with Crippen LogP contribution in [0.4, 0.5) is 5.69 Å². The summed E-state index contributed by atoms with van der Waals surface area (Å²) in [5.41, 5.74) is 4.30. The minimum absolute atomic E-state index is 0.00420. The molecule has 0 saturated carbocycles. The van der Waals surface area contributed by atoms with Crippen molar-refractivity contribution in [3.8, 4) is 0 Å². The Kier molecular flexibility index (Phi) is 5.37. The highest BCUT2D eigenvalue weighted by Gasteiger charge is 2.38. The normalized spacial score (nSPS) is 17.1. The quantitative estimate of drug-likeness (QED) is 0.366. The number of nitrogens with zero attached hydrogens (tertiary/aromatic N) is 2. The summed E-state index contributed by atoms with van der Waals surface area (Å²) in [6.45, 7) is 1.91. The molecule has 0 aromatic heterocycles. The van der Waals surface area contributed by atoms with Gasteiger partial charge in [0.25, 0.3) is 11.8 Å². The Balaban J connectivity index is 1.73. The third-order valence-electron chi connectivity index (χ3n) is 3.92. The van der Waals surface area contributed by atoms with Crippen molar-refractivity contribution in [2.45, 2.75) is 6.92 Å². The fourth-order valence-electron chi connectivity index (χ4n) is 2.48. The van der Waals surface area contributed by atoms with Crippen molar-refractivity contribution in [2.24, 2.45) is 11.0 Å². The maximum atomic E-state index is 12.7. The number of rotatable bonds is 4. The van der Waals surface area contributed by atoms with Gasteiger partial charge in [-0.3, -0.25) is 19.3 Å². The van der Waals surface area contributed by atoms with E-state index in [-0.39, 0.29) is 5.11 Å².